The van der Waals surface area contributed by atoms with Crippen LogP contribution < -0.4 is 10.1 Å². The monoisotopic (exact) mass is 311 g/mol. The first-order valence-corrected chi connectivity index (χ1v) is 8.15. The lowest BCUT2D eigenvalue weighted by molar-refractivity contribution is -0.116. The van der Waals surface area contributed by atoms with Gasteiger partial charge in [0.05, 0.1) is 6.61 Å². The van der Waals surface area contributed by atoms with Crippen LogP contribution in [-0.2, 0) is 11.2 Å². The molecule has 3 heteroatoms. The van der Waals surface area contributed by atoms with Gasteiger partial charge in [-0.15, -0.1) is 0 Å². The molecule has 2 aromatic rings. The van der Waals surface area contributed by atoms with Gasteiger partial charge in [0.2, 0.25) is 5.91 Å². The maximum Gasteiger partial charge on any atom is 0.224 e. The van der Waals surface area contributed by atoms with Crippen LogP contribution in [0.25, 0.3) is 0 Å². The smallest absolute Gasteiger partial charge is 0.224 e. The average molecular weight is 311 g/mol. The third kappa shape index (κ3) is 5.78. The number of amides is 1. The van der Waals surface area contributed by atoms with Crippen LogP contribution in [0.2, 0.25) is 0 Å². The van der Waals surface area contributed by atoms with E-state index in [0.717, 1.165) is 17.9 Å². The molecule has 0 aliphatic heterocycles. The number of anilines is 1. The Morgan fingerprint density at radius 2 is 1.74 bits per heavy atom. The molecule has 3 nitrogen and oxygen atoms in total. The van der Waals surface area contributed by atoms with Gasteiger partial charge in [0.1, 0.15) is 5.75 Å². The molecule has 0 fully saturated rings. The van der Waals surface area contributed by atoms with Crippen molar-refractivity contribution in [1.29, 1.82) is 0 Å². The average Bonchev–Trinajstić information content (AvgIpc) is 2.51. The molecule has 0 radical (unpaired) electrons. The fourth-order valence-electron chi connectivity index (χ4n) is 2.53. The molecular formula is C20H25NO2. The number of carbonyl (C=O) groups is 1. The first-order chi connectivity index (χ1) is 11.1. The van der Waals surface area contributed by atoms with Crippen molar-refractivity contribution in [3.8, 4) is 5.75 Å². The van der Waals surface area contributed by atoms with Gasteiger partial charge in [-0.3, -0.25) is 4.79 Å². The molecule has 0 saturated heterocycles. The van der Waals surface area contributed by atoms with Crippen LogP contribution in [0.15, 0.2) is 48.5 Å². The zero-order valence-electron chi connectivity index (χ0n) is 14.1. The first kappa shape index (κ1) is 17.1. The maximum absolute atomic E-state index is 12.1. The van der Waals surface area contributed by atoms with Gasteiger partial charge in [-0.05, 0) is 56.0 Å². The highest BCUT2D eigenvalue weighted by Gasteiger charge is 2.10. The summed E-state index contributed by atoms with van der Waals surface area (Å²) in [6, 6.07) is 16.0. The number of benzene rings is 2. The number of rotatable bonds is 7. The lowest BCUT2D eigenvalue weighted by atomic mass is 9.97. The van der Waals surface area contributed by atoms with E-state index >= 15 is 0 Å². The van der Waals surface area contributed by atoms with Crippen molar-refractivity contribution in [3.63, 3.8) is 0 Å². The Morgan fingerprint density at radius 3 is 2.35 bits per heavy atom. The van der Waals surface area contributed by atoms with Crippen molar-refractivity contribution in [2.45, 2.75) is 33.6 Å². The number of hydrogen-bond donors (Lipinski definition) is 1. The number of aryl methyl sites for hydroxylation is 1. The molecule has 2 rings (SSSR count). The summed E-state index contributed by atoms with van der Waals surface area (Å²) in [5.41, 5.74) is 3.34. The minimum absolute atomic E-state index is 0.0498. The van der Waals surface area contributed by atoms with Crippen molar-refractivity contribution in [1.82, 2.24) is 0 Å². The van der Waals surface area contributed by atoms with Gasteiger partial charge in [0, 0.05) is 12.1 Å². The maximum atomic E-state index is 12.1. The molecule has 0 spiro atoms. The lowest BCUT2D eigenvalue weighted by Crippen LogP contribution is -2.16. The van der Waals surface area contributed by atoms with Gasteiger partial charge in [-0.2, -0.15) is 0 Å². The van der Waals surface area contributed by atoms with Crippen LogP contribution in [0.1, 0.15) is 31.4 Å². The molecule has 1 N–H and O–H groups in total. The molecule has 0 bridgehead atoms. The molecular weight excluding hydrogens is 286 g/mol. The Bertz CT molecular complexity index is 617. The molecule has 122 valence electrons. The first-order valence-electron chi connectivity index (χ1n) is 8.15. The summed E-state index contributed by atoms with van der Waals surface area (Å²) < 4.78 is 5.39. The summed E-state index contributed by atoms with van der Waals surface area (Å²) in [6.45, 7) is 6.78. The van der Waals surface area contributed by atoms with E-state index in [1.54, 1.807) is 0 Å². The molecule has 0 aliphatic rings. The van der Waals surface area contributed by atoms with Crippen LogP contribution in [0.4, 0.5) is 5.69 Å². The second kappa shape index (κ2) is 8.37. The summed E-state index contributed by atoms with van der Waals surface area (Å²) in [5.74, 6) is 1.17. The lowest BCUT2D eigenvalue weighted by Gasteiger charge is -2.12. The van der Waals surface area contributed by atoms with Crippen molar-refractivity contribution in [2.75, 3.05) is 11.9 Å². The third-order valence-corrected chi connectivity index (χ3v) is 3.69. The van der Waals surface area contributed by atoms with Gasteiger partial charge < -0.3 is 10.1 Å². The van der Waals surface area contributed by atoms with E-state index < -0.39 is 0 Å². The normalized spacial score (nSPS) is 11.8. The van der Waals surface area contributed by atoms with Crippen molar-refractivity contribution < 1.29 is 9.53 Å². The van der Waals surface area contributed by atoms with E-state index in [1.165, 1.54) is 11.1 Å². The second-order valence-corrected chi connectivity index (χ2v) is 6.00. The summed E-state index contributed by atoms with van der Waals surface area (Å²) >= 11 is 0. The van der Waals surface area contributed by atoms with Gasteiger partial charge >= 0.3 is 0 Å². The predicted octanol–water partition coefficient (Wildman–Crippen LogP) is 4.60. The van der Waals surface area contributed by atoms with E-state index in [1.807, 2.05) is 31.2 Å². The summed E-state index contributed by atoms with van der Waals surface area (Å²) in [5, 5.41) is 2.94. The van der Waals surface area contributed by atoms with Crippen LogP contribution in [0, 0.1) is 12.8 Å². The molecule has 1 atom stereocenters. The van der Waals surface area contributed by atoms with Gasteiger partial charge in [-0.1, -0.05) is 36.8 Å². The van der Waals surface area contributed by atoms with Gasteiger partial charge in [0.15, 0.2) is 0 Å². The van der Waals surface area contributed by atoms with E-state index in [2.05, 4.69) is 43.4 Å². The predicted molar refractivity (Wildman–Crippen MR) is 94.9 cm³/mol. The van der Waals surface area contributed by atoms with Gasteiger partial charge in [0.25, 0.3) is 0 Å². The highest BCUT2D eigenvalue weighted by atomic mass is 16.5. The van der Waals surface area contributed by atoms with E-state index in [4.69, 9.17) is 4.74 Å². The highest BCUT2D eigenvalue weighted by molar-refractivity contribution is 5.90. The Morgan fingerprint density at radius 1 is 1.09 bits per heavy atom. The fourth-order valence-corrected chi connectivity index (χ4v) is 2.53. The minimum atomic E-state index is 0.0498. The quantitative estimate of drug-likeness (QED) is 0.811. The van der Waals surface area contributed by atoms with Crippen LogP contribution in [-0.4, -0.2) is 12.5 Å². The van der Waals surface area contributed by atoms with Gasteiger partial charge in [-0.25, -0.2) is 0 Å². The molecule has 1 amide bonds. The van der Waals surface area contributed by atoms with Crippen LogP contribution in [0.3, 0.4) is 0 Å². The summed E-state index contributed by atoms with van der Waals surface area (Å²) in [6.07, 6.45) is 1.43. The van der Waals surface area contributed by atoms with Crippen molar-refractivity contribution in [3.05, 3.63) is 59.7 Å². The van der Waals surface area contributed by atoms with Crippen LogP contribution >= 0.6 is 0 Å². The van der Waals surface area contributed by atoms with Crippen molar-refractivity contribution >= 4 is 11.6 Å². The third-order valence-electron chi connectivity index (χ3n) is 3.69. The second-order valence-electron chi connectivity index (χ2n) is 6.00. The Hall–Kier alpha value is -2.29. The number of hydrogen-bond acceptors (Lipinski definition) is 2. The number of ether oxygens (including phenoxy) is 1. The number of nitrogens with one attached hydrogen (secondary N) is 1. The van der Waals surface area contributed by atoms with E-state index in [9.17, 15) is 4.79 Å². The summed E-state index contributed by atoms with van der Waals surface area (Å²) in [4.78, 5) is 12.1. The van der Waals surface area contributed by atoms with Crippen LogP contribution in [0.5, 0.6) is 5.75 Å². The minimum Gasteiger partial charge on any atom is -0.494 e. The molecule has 23 heavy (non-hydrogen) atoms. The standard InChI is InChI=1S/C20H25NO2/c1-4-23-19-11-9-18(10-12-19)21-20(22)14-16(3)13-17-7-5-15(2)6-8-17/h5-12,16H,4,13-14H2,1-3H3,(H,21,22). The molecule has 0 heterocycles. The Balaban J connectivity index is 1.82. The largest absolute Gasteiger partial charge is 0.494 e. The molecule has 1 unspecified atom stereocenters. The fraction of sp³-hybridized carbons (Fsp3) is 0.350. The molecule has 0 aromatic heterocycles. The number of carbonyl (C=O) groups excluding carboxylic acids is 1. The topological polar surface area (TPSA) is 38.3 Å². The van der Waals surface area contributed by atoms with E-state index in [-0.39, 0.29) is 5.91 Å². The molecule has 0 aliphatic carbocycles. The van der Waals surface area contributed by atoms with Crippen molar-refractivity contribution in [2.24, 2.45) is 5.92 Å². The van der Waals surface area contributed by atoms with E-state index in [0.29, 0.717) is 18.9 Å². The zero-order valence-corrected chi connectivity index (χ0v) is 14.1. The zero-order chi connectivity index (χ0) is 16.7. The molecule has 2 aromatic carbocycles. The Labute approximate surface area is 138 Å². The highest BCUT2D eigenvalue weighted by Crippen LogP contribution is 2.17. The summed E-state index contributed by atoms with van der Waals surface area (Å²) in [7, 11) is 0. The molecule has 0 saturated carbocycles. The Kier molecular flexibility index (Phi) is 6.21. The SMILES string of the molecule is CCOc1ccc(NC(=O)CC(C)Cc2ccc(C)cc2)cc1.